The molecule has 0 radical (unpaired) electrons. The SMILES string of the molecule is CC1CC2CC(COCC(F)(F)S(=O)(=O)O)C[C@](CO)(C1)C2. The minimum atomic E-state index is -5.44. The number of aliphatic hydroxyl groups excluding tert-OH is 1. The molecule has 2 aliphatic rings. The molecule has 2 N–H and O–H groups in total. The molecular formula is C14H24F2O5S. The van der Waals surface area contributed by atoms with E-state index in [0.717, 1.165) is 25.7 Å². The van der Waals surface area contributed by atoms with Crippen LogP contribution in [-0.2, 0) is 14.9 Å². The first kappa shape index (κ1) is 18.0. The molecule has 2 rings (SSSR count). The zero-order chi connectivity index (χ0) is 16.6. The fraction of sp³-hybridized carbons (Fsp3) is 1.00. The highest BCUT2D eigenvalue weighted by Gasteiger charge is 2.46. The van der Waals surface area contributed by atoms with Crippen molar-refractivity contribution in [3.63, 3.8) is 0 Å². The Labute approximate surface area is 129 Å². The summed E-state index contributed by atoms with van der Waals surface area (Å²) in [7, 11) is -5.44. The summed E-state index contributed by atoms with van der Waals surface area (Å²) in [6.07, 6.45) is 4.52. The Morgan fingerprint density at radius 3 is 2.55 bits per heavy atom. The van der Waals surface area contributed by atoms with Gasteiger partial charge in [0.1, 0.15) is 6.61 Å². The smallest absolute Gasteiger partial charge is 0.392 e. The third-order valence-electron chi connectivity index (χ3n) is 4.96. The summed E-state index contributed by atoms with van der Waals surface area (Å²) in [5, 5.41) is 5.44. The number of rotatable bonds is 6. The predicted octanol–water partition coefficient (Wildman–Crippen LogP) is 2.31. The maximum Gasteiger partial charge on any atom is 0.392 e. The lowest BCUT2D eigenvalue weighted by Gasteiger charge is -2.49. The summed E-state index contributed by atoms with van der Waals surface area (Å²) < 4.78 is 60.6. The van der Waals surface area contributed by atoms with E-state index in [0.29, 0.717) is 18.3 Å². The minimum absolute atomic E-state index is 0.0255. The Morgan fingerprint density at radius 1 is 1.27 bits per heavy atom. The van der Waals surface area contributed by atoms with Gasteiger partial charge in [-0.2, -0.15) is 17.2 Å². The fourth-order valence-electron chi connectivity index (χ4n) is 4.42. The maximum atomic E-state index is 13.1. The molecule has 0 saturated heterocycles. The van der Waals surface area contributed by atoms with Crippen molar-refractivity contribution in [2.45, 2.75) is 44.3 Å². The van der Waals surface area contributed by atoms with Gasteiger partial charge >= 0.3 is 15.4 Å². The van der Waals surface area contributed by atoms with E-state index in [1.54, 1.807) is 0 Å². The van der Waals surface area contributed by atoms with Gasteiger partial charge in [0.15, 0.2) is 0 Å². The van der Waals surface area contributed by atoms with Crippen LogP contribution in [0.4, 0.5) is 8.78 Å². The molecule has 2 fully saturated rings. The van der Waals surface area contributed by atoms with Crippen molar-refractivity contribution in [2.24, 2.45) is 23.2 Å². The topological polar surface area (TPSA) is 83.8 Å². The second-order valence-corrected chi connectivity index (χ2v) is 8.75. The highest BCUT2D eigenvalue weighted by atomic mass is 32.2. The molecule has 130 valence electrons. The first-order valence-corrected chi connectivity index (χ1v) is 9.04. The van der Waals surface area contributed by atoms with Crippen LogP contribution in [0.25, 0.3) is 0 Å². The van der Waals surface area contributed by atoms with E-state index in [1.165, 1.54) is 0 Å². The van der Waals surface area contributed by atoms with Gasteiger partial charge in [-0.1, -0.05) is 6.92 Å². The van der Waals surface area contributed by atoms with E-state index in [1.807, 2.05) is 0 Å². The van der Waals surface area contributed by atoms with Crippen LogP contribution in [-0.4, -0.2) is 43.2 Å². The molecule has 8 heteroatoms. The number of hydrogen-bond acceptors (Lipinski definition) is 4. The molecule has 2 saturated carbocycles. The number of fused-ring (bicyclic) bond motifs is 2. The van der Waals surface area contributed by atoms with Gasteiger partial charge in [-0.05, 0) is 55.3 Å². The average molecular weight is 342 g/mol. The summed E-state index contributed by atoms with van der Waals surface area (Å²) in [4.78, 5) is 0. The summed E-state index contributed by atoms with van der Waals surface area (Å²) in [5.41, 5.74) is -0.153. The molecular weight excluding hydrogens is 318 g/mol. The Hall–Kier alpha value is -0.310. The quantitative estimate of drug-likeness (QED) is 0.724. The monoisotopic (exact) mass is 342 g/mol. The molecule has 4 atom stereocenters. The van der Waals surface area contributed by atoms with Gasteiger partial charge in [-0.25, -0.2) is 0 Å². The summed E-state index contributed by atoms with van der Waals surface area (Å²) in [5.74, 6) is 1.05. The molecule has 22 heavy (non-hydrogen) atoms. The van der Waals surface area contributed by atoms with Crippen LogP contribution >= 0.6 is 0 Å². The number of hydrogen-bond donors (Lipinski definition) is 2. The molecule has 5 nitrogen and oxygen atoms in total. The summed E-state index contributed by atoms with van der Waals surface area (Å²) in [6.45, 7) is 0.943. The van der Waals surface area contributed by atoms with Crippen LogP contribution in [0, 0.1) is 23.2 Å². The lowest BCUT2D eigenvalue weighted by Crippen LogP contribution is -2.43. The minimum Gasteiger partial charge on any atom is -0.396 e. The Balaban J connectivity index is 1.90. The maximum absolute atomic E-state index is 13.1. The molecule has 2 bridgehead atoms. The van der Waals surface area contributed by atoms with Gasteiger partial charge in [0.05, 0.1) is 0 Å². The van der Waals surface area contributed by atoms with Gasteiger partial charge in [-0.3, -0.25) is 4.55 Å². The number of halogens is 2. The van der Waals surface area contributed by atoms with E-state index in [-0.39, 0.29) is 24.5 Å². The molecule has 3 unspecified atom stereocenters. The molecule has 0 aliphatic heterocycles. The van der Waals surface area contributed by atoms with Crippen molar-refractivity contribution < 1.29 is 31.6 Å². The van der Waals surface area contributed by atoms with Crippen molar-refractivity contribution in [3.05, 3.63) is 0 Å². The number of alkyl halides is 2. The van der Waals surface area contributed by atoms with E-state index < -0.39 is 22.0 Å². The van der Waals surface area contributed by atoms with E-state index in [4.69, 9.17) is 9.29 Å². The standard InChI is InChI=1S/C14H24F2O5S/c1-10-2-11-3-12(6-13(4-10,5-11)8-17)7-21-9-14(15,16)22(18,19)20/h10-12,17H,2-9H2,1H3,(H,18,19,20)/t10?,11?,12?,13-/m0/s1. The molecule has 2 aliphatic carbocycles. The summed E-state index contributed by atoms with van der Waals surface area (Å²) in [6, 6.07) is 0. The van der Waals surface area contributed by atoms with Gasteiger partial charge in [0, 0.05) is 13.2 Å². The fourth-order valence-corrected chi connectivity index (χ4v) is 4.66. The average Bonchev–Trinajstić information content (AvgIpc) is 2.35. The number of aliphatic hydroxyl groups is 1. The lowest BCUT2D eigenvalue weighted by molar-refractivity contribution is -0.0700. The molecule has 0 amide bonds. The van der Waals surface area contributed by atoms with E-state index in [9.17, 15) is 22.3 Å². The van der Waals surface area contributed by atoms with Gasteiger partial charge in [0.25, 0.3) is 0 Å². The largest absolute Gasteiger partial charge is 0.396 e. The van der Waals surface area contributed by atoms with Crippen LogP contribution in [0.15, 0.2) is 0 Å². The second-order valence-electron chi connectivity index (χ2n) is 7.21. The third-order valence-corrected chi connectivity index (χ3v) is 5.84. The third kappa shape index (κ3) is 3.96. The van der Waals surface area contributed by atoms with Crippen molar-refractivity contribution in [1.82, 2.24) is 0 Å². The molecule has 0 aromatic carbocycles. The first-order chi connectivity index (χ1) is 10.1. The summed E-state index contributed by atoms with van der Waals surface area (Å²) >= 11 is 0. The second kappa shape index (κ2) is 6.30. The zero-order valence-corrected chi connectivity index (χ0v) is 13.5. The Morgan fingerprint density at radius 2 is 1.95 bits per heavy atom. The zero-order valence-electron chi connectivity index (χ0n) is 12.7. The van der Waals surface area contributed by atoms with E-state index in [2.05, 4.69) is 6.92 Å². The normalized spacial score (nSPS) is 36.3. The molecule has 0 aromatic heterocycles. The van der Waals surface area contributed by atoms with Crippen molar-refractivity contribution in [3.8, 4) is 0 Å². The van der Waals surface area contributed by atoms with Crippen LogP contribution in [0.2, 0.25) is 0 Å². The highest BCUT2D eigenvalue weighted by molar-refractivity contribution is 7.86. The van der Waals surface area contributed by atoms with Crippen molar-refractivity contribution in [2.75, 3.05) is 19.8 Å². The predicted molar refractivity (Wildman–Crippen MR) is 76.1 cm³/mol. The van der Waals surface area contributed by atoms with Crippen LogP contribution < -0.4 is 0 Å². The van der Waals surface area contributed by atoms with Crippen molar-refractivity contribution in [1.29, 1.82) is 0 Å². The van der Waals surface area contributed by atoms with Gasteiger partial charge in [-0.15, -0.1) is 0 Å². The Bertz CT molecular complexity index is 491. The van der Waals surface area contributed by atoms with Gasteiger partial charge in [0.2, 0.25) is 0 Å². The molecule has 0 spiro atoms. The lowest BCUT2D eigenvalue weighted by atomic mass is 9.57. The van der Waals surface area contributed by atoms with Crippen LogP contribution in [0.5, 0.6) is 0 Å². The number of ether oxygens (including phenoxy) is 1. The van der Waals surface area contributed by atoms with Crippen LogP contribution in [0.3, 0.4) is 0 Å². The Kier molecular flexibility index (Phi) is 5.16. The molecule has 0 heterocycles. The molecule has 0 aromatic rings. The van der Waals surface area contributed by atoms with Crippen LogP contribution in [0.1, 0.15) is 39.0 Å². The van der Waals surface area contributed by atoms with Crippen molar-refractivity contribution >= 4 is 10.1 Å². The van der Waals surface area contributed by atoms with E-state index >= 15 is 0 Å². The van der Waals surface area contributed by atoms with Gasteiger partial charge < -0.3 is 9.84 Å². The highest BCUT2D eigenvalue weighted by Crippen LogP contribution is 2.52. The first-order valence-electron chi connectivity index (χ1n) is 7.60.